The molecule has 0 aliphatic carbocycles. The minimum absolute atomic E-state index is 0.00436. The predicted molar refractivity (Wildman–Crippen MR) is 115 cm³/mol. The van der Waals surface area contributed by atoms with Gasteiger partial charge in [0.05, 0.1) is 6.20 Å². The number of nitrogens with zero attached hydrogens (tertiary/aromatic N) is 4. The van der Waals surface area contributed by atoms with Crippen LogP contribution in [0.2, 0.25) is 5.02 Å². The third-order valence-corrected chi connectivity index (χ3v) is 4.84. The Labute approximate surface area is 177 Å². The molecule has 0 aliphatic rings. The molecule has 3 heterocycles. The lowest BCUT2D eigenvalue weighted by atomic mass is 10.1. The van der Waals surface area contributed by atoms with Crippen LogP contribution in [0.4, 0.5) is 0 Å². The molecule has 0 bridgehead atoms. The number of hydrogen-bond donors (Lipinski definition) is 2. The number of H-pyrrole nitrogens is 1. The van der Waals surface area contributed by atoms with Gasteiger partial charge in [-0.3, -0.25) is 9.48 Å². The number of rotatable bonds is 5. The van der Waals surface area contributed by atoms with Crippen LogP contribution in [0.1, 0.15) is 11.1 Å². The number of aromatic amines is 1. The Hall–Kier alpha value is -3.89. The number of amides is 1. The average Bonchev–Trinajstić information content (AvgIpc) is 3.36. The Kier molecular flexibility index (Phi) is 5.33. The number of aryl methyl sites for hydroxylation is 1. The SMILES string of the molecule is Cn1cc(-c2cnc3[nH]cc(/C=C(\C#N)C(=O)NCc4cccc(Cl)c4)c3c2)cn1. The molecule has 0 spiro atoms. The van der Waals surface area contributed by atoms with Gasteiger partial charge in [-0.15, -0.1) is 0 Å². The molecule has 0 radical (unpaired) electrons. The number of nitriles is 1. The van der Waals surface area contributed by atoms with Crippen molar-refractivity contribution in [1.29, 1.82) is 5.26 Å². The smallest absolute Gasteiger partial charge is 0.262 e. The van der Waals surface area contributed by atoms with E-state index in [0.717, 1.165) is 22.1 Å². The van der Waals surface area contributed by atoms with E-state index in [1.807, 2.05) is 37.5 Å². The molecule has 4 aromatic rings. The summed E-state index contributed by atoms with van der Waals surface area (Å²) in [5, 5.41) is 17.8. The Morgan fingerprint density at radius 1 is 1.33 bits per heavy atom. The van der Waals surface area contributed by atoms with Crippen molar-refractivity contribution in [3.05, 3.63) is 76.8 Å². The van der Waals surface area contributed by atoms with Crippen LogP contribution in [0, 0.1) is 11.3 Å². The normalized spacial score (nSPS) is 11.4. The van der Waals surface area contributed by atoms with Gasteiger partial charge in [-0.25, -0.2) is 4.98 Å². The van der Waals surface area contributed by atoms with Gasteiger partial charge in [-0.05, 0) is 29.8 Å². The average molecular weight is 417 g/mol. The maximum absolute atomic E-state index is 12.5. The summed E-state index contributed by atoms with van der Waals surface area (Å²) in [6.07, 6.45) is 8.70. The molecule has 1 amide bonds. The predicted octanol–water partition coefficient (Wildman–Crippen LogP) is 3.84. The van der Waals surface area contributed by atoms with E-state index in [2.05, 4.69) is 20.4 Å². The molecule has 0 atom stereocenters. The molecule has 0 fully saturated rings. The van der Waals surface area contributed by atoms with Crippen molar-refractivity contribution in [3.63, 3.8) is 0 Å². The van der Waals surface area contributed by atoms with E-state index in [9.17, 15) is 10.1 Å². The zero-order valence-corrected chi connectivity index (χ0v) is 16.8. The highest BCUT2D eigenvalue weighted by molar-refractivity contribution is 6.30. The highest BCUT2D eigenvalue weighted by Crippen LogP contribution is 2.25. The number of nitrogens with one attached hydrogen (secondary N) is 2. The highest BCUT2D eigenvalue weighted by atomic mass is 35.5. The molecule has 7 nitrogen and oxygen atoms in total. The van der Waals surface area contributed by atoms with Gasteiger partial charge in [0.15, 0.2) is 0 Å². The molecule has 0 saturated carbocycles. The fraction of sp³-hybridized carbons (Fsp3) is 0.0909. The maximum Gasteiger partial charge on any atom is 0.262 e. The molecule has 148 valence electrons. The summed E-state index contributed by atoms with van der Waals surface area (Å²) in [7, 11) is 1.85. The first-order chi connectivity index (χ1) is 14.5. The number of pyridine rings is 1. The lowest BCUT2D eigenvalue weighted by Gasteiger charge is -2.05. The van der Waals surface area contributed by atoms with Crippen molar-refractivity contribution in [2.24, 2.45) is 7.05 Å². The molecule has 3 aromatic heterocycles. The van der Waals surface area contributed by atoms with E-state index in [1.54, 1.807) is 41.5 Å². The lowest BCUT2D eigenvalue weighted by Crippen LogP contribution is -2.23. The Morgan fingerprint density at radius 2 is 2.20 bits per heavy atom. The van der Waals surface area contributed by atoms with Crippen LogP contribution in [0.25, 0.3) is 28.2 Å². The van der Waals surface area contributed by atoms with Crippen molar-refractivity contribution in [2.75, 3.05) is 0 Å². The van der Waals surface area contributed by atoms with Crippen LogP contribution in [0.3, 0.4) is 0 Å². The fourth-order valence-electron chi connectivity index (χ4n) is 3.10. The van der Waals surface area contributed by atoms with E-state index in [0.29, 0.717) is 16.2 Å². The molecule has 0 saturated heterocycles. The summed E-state index contributed by atoms with van der Waals surface area (Å²) in [5.74, 6) is -0.455. The minimum atomic E-state index is -0.455. The zero-order valence-electron chi connectivity index (χ0n) is 16.1. The second-order valence-electron chi connectivity index (χ2n) is 6.75. The topological polar surface area (TPSA) is 99.4 Å². The molecule has 1 aromatic carbocycles. The fourth-order valence-corrected chi connectivity index (χ4v) is 3.31. The van der Waals surface area contributed by atoms with Gasteiger partial charge in [0, 0.05) is 59.3 Å². The van der Waals surface area contributed by atoms with Gasteiger partial charge in [0.25, 0.3) is 5.91 Å². The number of carbonyl (C=O) groups is 1. The van der Waals surface area contributed by atoms with Gasteiger partial charge in [-0.2, -0.15) is 10.4 Å². The number of halogens is 1. The Morgan fingerprint density at radius 3 is 2.93 bits per heavy atom. The van der Waals surface area contributed by atoms with Gasteiger partial charge >= 0.3 is 0 Å². The summed E-state index contributed by atoms with van der Waals surface area (Å²) in [5.41, 5.74) is 4.06. The van der Waals surface area contributed by atoms with Gasteiger partial charge in [-0.1, -0.05) is 23.7 Å². The van der Waals surface area contributed by atoms with E-state index in [1.165, 1.54) is 0 Å². The van der Waals surface area contributed by atoms with Crippen LogP contribution in [0.5, 0.6) is 0 Å². The second-order valence-corrected chi connectivity index (χ2v) is 7.19. The molecule has 0 aliphatic heterocycles. The Bertz CT molecular complexity index is 1310. The number of aromatic nitrogens is 4. The number of carbonyl (C=O) groups excluding carboxylic acids is 1. The highest BCUT2D eigenvalue weighted by Gasteiger charge is 2.12. The maximum atomic E-state index is 12.5. The molecule has 0 unspecified atom stereocenters. The molecule has 2 N–H and O–H groups in total. The molecular formula is C22H17ClN6O. The molecule has 8 heteroatoms. The van der Waals surface area contributed by atoms with Crippen LogP contribution in [-0.4, -0.2) is 25.7 Å². The van der Waals surface area contributed by atoms with Crippen molar-refractivity contribution < 1.29 is 4.79 Å². The third kappa shape index (κ3) is 4.09. The first kappa shape index (κ1) is 19.4. The van der Waals surface area contributed by atoms with Crippen molar-refractivity contribution in [1.82, 2.24) is 25.1 Å². The molecule has 4 rings (SSSR count). The summed E-state index contributed by atoms with van der Waals surface area (Å²) in [6.45, 7) is 0.277. The number of fused-ring (bicyclic) bond motifs is 1. The minimum Gasteiger partial charge on any atom is -0.347 e. The van der Waals surface area contributed by atoms with Crippen molar-refractivity contribution >= 4 is 34.6 Å². The van der Waals surface area contributed by atoms with Crippen molar-refractivity contribution in [3.8, 4) is 17.2 Å². The largest absolute Gasteiger partial charge is 0.347 e. The van der Waals surface area contributed by atoms with E-state index < -0.39 is 5.91 Å². The van der Waals surface area contributed by atoms with Crippen LogP contribution < -0.4 is 5.32 Å². The lowest BCUT2D eigenvalue weighted by molar-refractivity contribution is -0.117. The first-order valence-corrected chi connectivity index (χ1v) is 9.52. The van der Waals surface area contributed by atoms with Crippen LogP contribution in [-0.2, 0) is 18.4 Å². The van der Waals surface area contributed by atoms with Gasteiger partial charge < -0.3 is 10.3 Å². The third-order valence-electron chi connectivity index (χ3n) is 4.61. The first-order valence-electron chi connectivity index (χ1n) is 9.14. The summed E-state index contributed by atoms with van der Waals surface area (Å²) >= 11 is 5.97. The number of benzene rings is 1. The van der Waals surface area contributed by atoms with Crippen LogP contribution >= 0.6 is 11.6 Å². The molecule has 30 heavy (non-hydrogen) atoms. The van der Waals surface area contributed by atoms with Gasteiger partial charge in [0.2, 0.25) is 0 Å². The Balaban J connectivity index is 1.60. The molecular weight excluding hydrogens is 400 g/mol. The quantitative estimate of drug-likeness (QED) is 0.381. The summed E-state index contributed by atoms with van der Waals surface area (Å²) in [6, 6.07) is 11.1. The van der Waals surface area contributed by atoms with Gasteiger partial charge in [0.1, 0.15) is 17.3 Å². The second kappa shape index (κ2) is 8.23. The number of hydrogen-bond acceptors (Lipinski definition) is 4. The summed E-state index contributed by atoms with van der Waals surface area (Å²) < 4.78 is 1.72. The zero-order chi connectivity index (χ0) is 21.1. The van der Waals surface area contributed by atoms with E-state index in [-0.39, 0.29) is 12.1 Å². The monoisotopic (exact) mass is 416 g/mol. The summed E-state index contributed by atoms with van der Waals surface area (Å²) in [4.78, 5) is 20.0. The van der Waals surface area contributed by atoms with E-state index >= 15 is 0 Å². The van der Waals surface area contributed by atoms with E-state index in [4.69, 9.17) is 11.6 Å². The standard InChI is InChI=1S/C22H17ClN6O/c1-29-13-18(12-28-29)16-7-20-17(11-26-21(20)25-10-16)6-15(8-24)22(30)27-9-14-3-2-4-19(23)5-14/h2-7,10-13H,9H2,1H3,(H,25,26)(H,27,30)/b15-6+. The van der Waals surface area contributed by atoms with Crippen molar-refractivity contribution in [2.45, 2.75) is 6.54 Å². The van der Waals surface area contributed by atoms with Crippen LogP contribution in [0.15, 0.2) is 60.7 Å².